The highest BCUT2D eigenvalue weighted by molar-refractivity contribution is 6.31. The van der Waals surface area contributed by atoms with Crippen LogP contribution in [-0.2, 0) is 16.1 Å². The van der Waals surface area contributed by atoms with Gasteiger partial charge in [-0.25, -0.2) is 0 Å². The minimum Gasteiger partial charge on any atom is -0.384 e. The number of aromatic nitrogens is 2. The van der Waals surface area contributed by atoms with Crippen LogP contribution in [0.4, 0.5) is 0 Å². The first-order valence-corrected chi connectivity index (χ1v) is 7.37. The number of carbonyl (C=O) groups excluding carboxylic acids is 1. The SMILES string of the molecule is COCC1CCN(C(=O)Cn2nc(C)c(Cl)c2C)CC1. The van der Waals surface area contributed by atoms with Gasteiger partial charge in [-0.1, -0.05) is 11.6 Å². The summed E-state index contributed by atoms with van der Waals surface area (Å²) in [5.74, 6) is 0.690. The summed E-state index contributed by atoms with van der Waals surface area (Å²) < 4.78 is 6.87. The Kier molecular flexibility index (Phi) is 5.05. The van der Waals surface area contributed by atoms with Crippen molar-refractivity contribution in [3.8, 4) is 0 Å². The number of halogens is 1. The van der Waals surface area contributed by atoms with Crippen LogP contribution in [0.5, 0.6) is 0 Å². The Hall–Kier alpha value is -1.07. The zero-order valence-corrected chi connectivity index (χ0v) is 13.1. The quantitative estimate of drug-likeness (QED) is 0.855. The molecule has 1 saturated heterocycles. The van der Waals surface area contributed by atoms with Gasteiger partial charge >= 0.3 is 0 Å². The maximum atomic E-state index is 12.3. The Balaban J connectivity index is 1.91. The normalized spacial score (nSPS) is 16.7. The fourth-order valence-corrected chi connectivity index (χ4v) is 2.78. The summed E-state index contributed by atoms with van der Waals surface area (Å²) in [4.78, 5) is 14.2. The van der Waals surface area contributed by atoms with Gasteiger partial charge in [0.25, 0.3) is 0 Å². The molecule has 0 bridgehead atoms. The van der Waals surface area contributed by atoms with Crippen LogP contribution >= 0.6 is 11.6 Å². The number of methoxy groups -OCH3 is 1. The van der Waals surface area contributed by atoms with Gasteiger partial charge in [0, 0.05) is 26.8 Å². The number of carbonyl (C=O) groups is 1. The van der Waals surface area contributed by atoms with Gasteiger partial charge in [-0.05, 0) is 32.6 Å². The van der Waals surface area contributed by atoms with Crippen LogP contribution in [0.3, 0.4) is 0 Å². The average molecular weight is 300 g/mol. The number of ether oxygens (including phenoxy) is 1. The second-order valence-electron chi connectivity index (χ2n) is 5.42. The third-order valence-corrected chi connectivity index (χ3v) is 4.49. The van der Waals surface area contributed by atoms with Crippen LogP contribution < -0.4 is 0 Å². The van der Waals surface area contributed by atoms with Crippen LogP contribution in [-0.4, -0.2) is 47.4 Å². The molecule has 0 unspecified atom stereocenters. The van der Waals surface area contributed by atoms with E-state index in [0.29, 0.717) is 10.9 Å². The second-order valence-corrected chi connectivity index (χ2v) is 5.80. The number of likely N-dealkylation sites (tertiary alicyclic amines) is 1. The Labute approximate surface area is 124 Å². The van der Waals surface area contributed by atoms with E-state index in [4.69, 9.17) is 16.3 Å². The molecule has 1 aliphatic rings. The summed E-state index contributed by atoms with van der Waals surface area (Å²) in [6.07, 6.45) is 2.02. The topological polar surface area (TPSA) is 47.4 Å². The first-order chi connectivity index (χ1) is 9.52. The summed E-state index contributed by atoms with van der Waals surface area (Å²) in [6.45, 7) is 6.41. The predicted octanol–water partition coefficient (Wildman–Crippen LogP) is 2.04. The van der Waals surface area contributed by atoms with E-state index in [0.717, 1.165) is 43.9 Å². The van der Waals surface area contributed by atoms with Gasteiger partial charge in [0.15, 0.2) is 0 Å². The first-order valence-electron chi connectivity index (χ1n) is 6.99. The molecule has 0 N–H and O–H groups in total. The number of rotatable bonds is 4. The lowest BCUT2D eigenvalue weighted by molar-refractivity contribution is -0.133. The number of piperidine rings is 1. The molecule has 112 valence electrons. The largest absolute Gasteiger partial charge is 0.384 e. The van der Waals surface area contributed by atoms with Crippen molar-refractivity contribution >= 4 is 17.5 Å². The summed E-state index contributed by atoms with van der Waals surface area (Å²) in [6, 6.07) is 0. The van der Waals surface area contributed by atoms with E-state index in [9.17, 15) is 4.79 Å². The van der Waals surface area contributed by atoms with Gasteiger partial charge in [0.2, 0.25) is 5.91 Å². The Bertz CT molecular complexity index is 479. The third-order valence-electron chi connectivity index (χ3n) is 3.95. The van der Waals surface area contributed by atoms with Gasteiger partial charge < -0.3 is 9.64 Å². The standard InChI is InChI=1S/C14H22ClN3O2/c1-10-14(15)11(2)18(16-10)8-13(19)17-6-4-12(5-7-17)9-20-3/h12H,4-9H2,1-3H3. The van der Waals surface area contributed by atoms with Crippen LogP contribution in [0.2, 0.25) is 5.02 Å². The third kappa shape index (κ3) is 3.33. The minimum atomic E-state index is 0.114. The molecule has 5 nitrogen and oxygen atoms in total. The molecule has 0 radical (unpaired) electrons. The van der Waals surface area contributed by atoms with E-state index in [1.807, 2.05) is 18.7 Å². The molecular weight excluding hydrogens is 278 g/mol. The van der Waals surface area contributed by atoms with E-state index in [1.54, 1.807) is 11.8 Å². The first kappa shape index (κ1) is 15.3. The summed E-state index contributed by atoms with van der Waals surface area (Å²) in [5.41, 5.74) is 1.63. The highest BCUT2D eigenvalue weighted by Gasteiger charge is 2.23. The molecule has 6 heteroatoms. The lowest BCUT2D eigenvalue weighted by Gasteiger charge is -2.31. The van der Waals surface area contributed by atoms with Crippen LogP contribution in [0.25, 0.3) is 0 Å². The fourth-order valence-electron chi connectivity index (χ4n) is 2.64. The monoisotopic (exact) mass is 299 g/mol. The Morgan fingerprint density at radius 2 is 2.05 bits per heavy atom. The molecule has 20 heavy (non-hydrogen) atoms. The molecule has 0 saturated carbocycles. The summed E-state index contributed by atoms with van der Waals surface area (Å²) in [5, 5.41) is 4.96. The fraction of sp³-hybridized carbons (Fsp3) is 0.714. The van der Waals surface area contributed by atoms with Crippen molar-refractivity contribution in [1.29, 1.82) is 0 Å². The molecule has 2 rings (SSSR count). The number of hydrogen-bond acceptors (Lipinski definition) is 3. The number of aryl methyl sites for hydroxylation is 1. The summed E-state index contributed by atoms with van der Waals surface area (Å²) in [7, 11) is 1.73. The molecule has 1 amide bonds. The number of nitrogens with zero attached hydrogens (tertiary/aromatic N) is 3. The van der Waals surface area contributed by atoms with Gasteiger partial charge in [-0.15, -0.1) is 0 Å². The molecule has 1 aromatic rings. The smallest absolute Gasteiger partial charge is 0.244 e. The molecule has 0 spiro atoms. The maximum Gasteiger partial charge on any atom is 0.244 e. The molecule has 1 aromatic heterocycles. The minimum absolute atomic E-state index is 0.114. The maximum absolute atomic E-state index is 12.3. The van der Waals surface area contributed by atoms with Crippen molar-refractivity contribution in [3.05, 3.63) is 16.4 Å². The van der Waals surface area contributed by atoms with Crippen molar-refractivity contribution in [3.63, 3.8) is 0 Å². The van der Waals surface area contributed by atoms with Crippen molar-refractivity contribution in [2.24, 2.45) is 5.92 Å². The van der Waals surface area contributed by atoms with Gasteiger partial charge in [0.1, 0.15) is 6.54 Å². The highest BCUT2D eigenvalue weighted by atomic mass is 35.5. The van der Waals surface area contributed by atoms with E-state index >= 15 is 0 Å². The zero-order chi connectivity index (χ0) is 14.7. The summed E-state index contributed by atoms with van der Waals surface area (Å²) >= 11 is 6.10. The molecule has 1 aliphatic heterocycles. The van der Waals surface area contributed by atoms with Crippen molar-refractivity contribution in [1.82, 2.24) is 14.7 Å². The van der Waals surface area contributed by atoms with Gasteiger partial charge in [0.05, 0.1) is 16.4 Å². The van der Waals surface area contributed by atoms with Crippen molar-refractivity contribution in [2.45, 2.75) is 33.2 Å². The van der Waals surface area contributed by atoms with Crippen molar-refractivity contribution in [2.75, 3.05) is 26.8 Å². The lowest BCUT2D eigenvalue weighted by Crippen LogP contribution is -2.41. The number of amides is 1. The van der Waals surface area contributed by atoms with Gasteiger partial charge in [-0.3, -0.25) is 9.48 Å². The molecule has 1 fully saturated rings. The zero-order valence-electron chi connectivity index (χ0n) is 12.4. The molecule has 0 aromatic carbocycles. The predicted molar refractivity (Wildman–Crippen MR) is 77.9 cm³/mol. The highest BCUT2D eigenvalue weighted by Crippen LogP contribution is 2.20. The van der Waals surface area contributed by atoms with Crippen molar-refractivity contribution < 1.29 is 9.53 Å². The lowest BCUT2D eigenvalue weighted by atomic mass is 9.98. The van der Waals surface area contributed by atoms with Gasteiger partial charge in [-0.2, -0.15) is 5.10 Å². The number of hydrogen-bond donors (Lipinski definition) is 0. The molecule has 2 heterocycles. The average Bonchev–Trinajstić information content (AvgIpc) is 2.67. The van der Waals surface area contributed by atoms with E-state index in [1.165, 1.54) is 0 Å². The van der Waals surface area contributed by atoms with Crippen LogP contribution in [0, 0.1) is 19.8 Å². The van der Waals surface area contributed by atoms with E-state index in [2.05, 4.69) is 5.10 Å². The van der Waals surface area contributed by atoms with Crippen LogP contribution in [0.15, 0.2) is 0 Å². The Morgan fingerprint density at radius 3 is 2.55 bits per heavy atom. The van der Waals surface area contributed by atoms with Crippen LogP contribution in [0.1, 0.15) is 24.2 Å². The van der Waals surface area contributed by atoms with E-state index < -0.39 is 0 Å². The molecular formula is C14H22ClN3O2. The molecule has 0 aliphatic carbocycles. The second kappa shape index (κ2) is 6.59. The van der Waals surface area contributed by atoms with E-state index in [-0.39, 0.29) is 12.5 Å². The Morgan fingerprint density at radius 1 is 1.40 bits per heavy atom. The molecule has 0 atom stereocenters.